The fourth-order valence-electron chi connectivity index (χ4n) is 2.42. The smallest absolute Gasteiger partial charge is 0.119 e. The maximum absolute atomic E-state index is 6.08. The monoisotopic (exact) mass is 219 g/mol. The van der Waals surface area contributed by atoms with Crippen LogP contribution in [0.5, 0.6) is 5.75 Å². The molecule has 0 saturated heterocycles. The van der Waals surface area contributed by atoms with Crippen LogP contribution in [0.25, 0.3) is 0 Å². The lowest BCUT2D eigenvalue weighted by molar-refractivity contribution is 0.149. The van der Waals surface area contributed by atoms with Crippen LogP contribution in [0.1, 0.15) is 32.1 Å². The van der Waals surface area contributed by atoms with Crippen LogP contribution >= 0.6 is 0 Å². The largest absolute Gasteiger partial charge is 0.489 e. The maximum Gasteiger partial charge on any atom is 0.119 e. The van der Waals surface area contributed by atoms with Gasteiger partial charge in [0, 0.05) is 6.04 Å². The Balaban J connectivity index is 2.00. The van der Waals surface area contributed by atoms with Gasteiger partial charge in [0.1, 0.15) is 11.9 Å². The van der Waals surface area contributed by atoms with E-state index in [1.807, 2.05) is 37.4 Å². The minimum atomic E-state index is 0.329. The zero-order chi connectivity index (χ0) is 11.2. The zero-order valence-electron chi connectivity index (χ0n) is 9.99. The summed E-state index contributed by atoms with van der Waals surface area (Å²) < 4.78 is 6.08. The topological polar surface area (TPSA) is 21.3 Å². The minimum absolute atomic E-state index is 0.329. The molecule has 1 aromatic carbocycles. The van der Waals surface area contributed by atoms with Crippen molar-refractivity contribution in [2.75, 3.05) is 7.05 Å². The molecule has 1 aliphatic carbocycles. The van der Waals surface area contributed by atoms with Crippen molar-refractivity contribution in [3.63, 3.8) is 0 Å². The van der Waals surface area contributed by atoms with Crippen LogP contribution in [0.15, 0.2) is 30.3 Å². The van der Waals surface area contributed by atoms with Gasteiger partial charge in [-0.3, -0.25) is 0 Å². The third-order valence-corrected chi connectivity index (χ3v) is 3.35. The van der Waals surface area contributed by atoms with E-state index in [0.29, 0.717) is 12.1 Å². The van der Waals surface area contributed by atoms with E-state index < -0.39 is 0 Å². The van der Waals surface area contributed by atoms with Crippen molar-refractivity contribution < 1.29 is 4.74 Å². The number of benzene rings is 1. The number of para-hydroxylation sites is 1. The molecule has 2 heteroatoms. The Hall–Kier alpha value is -1.02. The average Bonchev–Trinajstić information content (AvgIpc) is 2.55. The zero-order valence-corrected chi connectivity index (χ0v) is 9.99. The van der Waals surface area contributed by atoms with Gasteiger partial charge in [0.25, 0.3) is 0 Å². The SMILES string of the molecule is CNC1CCCCCC1Oc1ccccc1. The lowest BCUT2D eigenvalue weighted by atomic mass is 10.1. The fraction of sp³-hybridized carbons (Fsp3) is 0.571. The van der Waals surface area contributed by atoms with Gasteiger partial charge < -0.3 is 10.1 Å². The van der Waals surface area contributed by atoms with E-state index in [0.717, 1.165) is 5.75 Å². The third kappa shape index (κ3) is 2.99. The Morgan fingerprint density at radius 1 is 1.06 bits per heavy atom. The molecule has 0 aliphatic heterocycles. The normalized spacial score (nSPS) is 26.1. The molecule has 2 rings (SSSR count). The molecular weight excluding hydrogens is 198 g/mol. The van der Waals surface area contributed by atoms with Crippen LogP contribution in [-0.4, -0.2) is 19.2 Å². The molecule has 2 unspecified atom stereocenters. The molecular formula is C14H21NO. The molecule has 2 nitrogen and oxygen atoms in total. The number of likely N-dealkylation sites (N-methyl/N-ethyl adjacent to an activating group) is 1. The Bertz CT molecular complexity index is 299. The summed E-state index contributed by atoms with van der Waals surface area (Å²) in [5.74, 6) is 0.995. The highest BCUT2D eigenvalue weighted by atomic mass is 16.5. The van der Waals surface area contributed by atoms with Crippen LogP contribution in [0.2, 0.25) is 0 Å². The number of nitrogens with one attached hydrogen (secondary N) is 1. The third-order valence-electron chi connectivity index (χ3n) is 3.35. The van der Waals surface area contributed by atoms with Gasteiger partial charge in [0.2, 0.25) is 0 Å². The molecule has 0 aromatic heterocycles. The lowest BCUT2D eigenvalue weighted by Gasteiger charge is -2.25. The number of hydrogen-bond acceptors (Lipinski definition) is 2. The second-order valence-electron chi connectivity index (χ2n) is 4.50. The van der Waals surface area contributed by atoms with Crippen molar-refractivity contribution in [3.05, 3.63) is 30.3 Å². The van der Waals surface area contributed by atoms with Crippen molar-refractivity contribution in [3.8, 4) is 5.75 Å². The molecule has 0 bridgehead atoms. The summed E-state index contributed by atoms with van der Waals surface area (Å²) in [6.45, 7) is 0. The van der Waals surface area contributed by atoms with E-state index in [-0.39, 0.29) is 0 Å². The predicted molar refractivity (Wildman–Crippen MR) is 66.8 cm³/mol. The first-order valence-corrected chi connectivity index (χ1v) is 6.29. The molecule has 0 spiro atoms. The van der Waals surface area contributed by atoms with Gasteiger partial charge in [-0.1, -0.05) is 31.0 Å². The van der Waals surface area contributed by atoms with Gasteiger partial charge >= 0.3 is 0 Å². The quantitative estimate of drug-likeness (QED) is 0.789. The van der Waals surface area contributed by atoms with Gasteiger partial charge in [-0.25, -0.2) is 0 Å². The van der Waals surface area contributed by atoms with E-state index in [9.17, 15) is 0 Å². The van der Waals surface area contributed by atoms with Crippen molar-refractivity contribution in [2.24, 2.45) is 0 Å². The highest BCUT2D eigenvalue weighted by molar-refractivity contribution is 5.21. The van der Waals surface area contributed by atoms with E-state index in [1.54, 1.807) is 0 Å². The second-order valence-corrected chi connectivity index (χ2v) is 4.50. The molecule has 0 radical (unpaired) electrons. The molecule has 0 amide bonds. The van der Waals surface area contributed by atoms with Crippen LogP contribution in [0, 0.1) is 0 Å². The molecule has 2 atom stereocenters. The van der Waals surface area contributed by atoms with Crippen LogP contribution in [0.3, 0.4) is 0 Å². The van der Waals surface area contributed by atoms with Crippen molar-refractivity contribution in [2.45, 2.75) is 44.2 Å². The second kappa shape index (κ2) is 5.90. The number of hydrogen-bond donors (Lipinski definition) is 1. The molecule has 0 heterocycles. The Morgan fingerprint density at radius 2 is 1.81 bits per heavy atom. The Morgan fingerprint density at radius 3 is 2.56 bits per heavy atom. The highest BCUT2D eigenvalue weighted by Gasteiger charge is 2.23. The highest BCUT2D eigenvalue weighted by Crippen LogP contribution is 2.22. The molecule has 88 valence electrons. The summed E-state index contributed by atoms with van der Waals surface area (Å²) in [6, 6.07) is 10.7. The van der Waals surface area contributed by atoms with Crippen molar-refractivity contribution >= 4 is 0 Å². The van der Waals surface area contributed by atoms with Crippen molar-refractivity contribution in [1.29, 1.82) is 0 Å². The van der Waals surface area contributed by atoms with E-state index in [4.69, 9.17) is 4.74 Å². The molecule has 1 fully saturated rings. The summed E-state index contributed by atoms with van der Waals surface area (Å²) in [5, 5.41) is 3.39. The lowest BCUT2D eigenvalue weighted by Crippen LogP contribution is -2.40. The number of rotatable bonds is 3. The summed E-state index contributed by atoms with van der Waals surface area (Å²) in [7, 11) is 2.04. The van der Waals surface area contributed by atoms with Gasteiger partial charge in [0.05, 0.1) is 0 Å². The molecule has 1 saturated carbocycles. The van der Waals surface area contributed by atoms with E-state index >= 15 is 0 Å². The summed E-state index contributed by atoms with van der Waals surface area (Å²) in [5.41, 5.74) is 0. The maximum atomic E-state index is 6.08. The number of ether oxygens (including phenoxy) is 1. The van der Waals surface area contributed by atoms with Crippen LogP contribution in [0.4, 0.5) is 0 Å². The van der Waals surface area contributed by atoms with Crippen LogP contribution < -0.4 is 10.1 Å². The Kier molecular flexibility index (Phi) is 4.23. The van der Waals surface area contributed by atoms with Gasteiger partial charge in [-0.2, -0.15) is 0 Å². The molecule has 1 N–H and O–H groups in total. The first kappa shape index (κ1) is 11.5. The van der Waals surface area contributed by atoms with E-state index in [1.165, 1.54) is 32.1 Å². The fourth-order valence-corrected chi connectivity index (χ4v) is 2.42. The van der Waals surface area contributed by atoms with Gasteiger partial charge in [0.15, 0.2) is 0 Å². The van der Waals surface area contributed by atoms with Crippen LogP contribution in [-0.2, 0) is 0 Å². The molecule has 1 aliphatic rings. The minimum Gasteiger partial charge on any atom is -0.489 e. The van der Waals surface area contributed by atoms with E-state index in [2.05, 4.69) is 5.32 Å². The summed E-state index contributed by atoms with van der Waals surface area (Å²) in [6.07, 6.45) is 6.67. The van der Waals surface area contributed by atoms with Crippen molar-refractivity contribution in [1.82, 2.24) is 5.32 Å². The average molecular weight is 219 g/mol. The summed E-state index contributed by atoms with van der Waals surface area (Å²) >= 11 is 0. The molecule has 1 aromatic rings. The first-order valence-electron chi connectivity index (χ1n) is 6.29. The van der Waals surface area contributed by atoms with Gasteiger partial charge in [-0.15, -0.1) is 0 Å². The van der Waals surface area contributed by atoms with Gasteiger partial charge in [-0.05, 0) is 38.4 Å². The first-order chi connectivity index (χ1) is 7.90. The summed E-state index contributed by atoms with van der Waals surface area (Å²) in [4.78, 5) is 0. The predicted octanol–water partition coefficient (Wildman–Crippen LogP) is 2.99. The standard InChI is InChI=1S/C14H21NO/c1-15-13-10-6-3-7-11-14(13)16-12-8-4-2-5-9-12/h2,4-5,8-9,13-15H,3,6-7,10-11H2,1H3. The molecule has 16 heavy (non-hydrogen) atoms. The Labute approximate surface area is 98.0 Å².